The van der Waals surface area contributed by atoms with Crippen molar-refractivity contribution >= 4 is 127 Å². The van der Waals surface area contributed by atoms with E-state index in [1.165, 1.54) is 108 Å². The lowest BCUT2D eigenvalue weighted by molar-refractivity contribution is -0.134. The number of carbonyl (C=O) groups excluding carboxylic acids is 16. The zero-order chi connectivity index (χ0) is 86.8. The minimum atomic E-state index is -4.80. The molecule has 0 bridgehead atoms. The normalized spacial score (nSPS) is 36.5. The lowest BCUT2D eigenvalue weighted by Crippen LogP contribution is -2.74. The Morgan fingerprint density at radius 3 is 0.440 bits per heavy atom. The minimum absolute atomic E-state index is 0.157. The molecule has 60 heteroatoms. The van der Waals surface area contributed by atoms with Gasteiger partial charge in [0.1, 0.15) is 107 Å². The Kier molecular flexibility index (Phi) is 14.3. The molecular formula is C65H82N32O25S3. The summed E-state index contributed by atoms with van der Waals surface area (Å²) in [7, 11) is -14.3. The van der Waals surface area contributed by atoms with Gasteiger partial charge in [0.25, 0.3) is 30.4 Å². The van der Waals surface area contributed by atoms with E-state index in [0.29, 0.717) is 12.8 Å². The topological polar surface area (TPSA) is 540 Å². The molecule has 0 aliphatic carbocycles. The fourth-order valence-corrected chi connectivity index (χ4v) is 28.3. The van der Waals surface area contributed by atoms with Gasteiger partial charge in [0.05, 0.1) is 17.3 Å². The fourth-order valence-electron chi connectivity index (χ4n) is 26.6. The van der Waals surface area contributed by atoms with E-state index in [0.717, 1.165) is 49.0 Å². The summed E-state index contributed by atoms with van der Waals surface area (Å²) < 4.78 is 107. The molecule has 32 amide bonds. The van der Waals surface area contributed by atoms with Crippen LogP contribution in [0.2, 0.25) is 0 Å². The average molecular weight is 1810 g/mol. The maximum absolute atomic E-state index is 17.2. The third-order valence-corrected chi connectivity index (χ3v) is 33.7. The minimum Gasteiger partial charge on any atom is -0.286 e. The van der Waals surface area contributed by atoms with Crippen molar-refractivity contribution in [3.05, 3.63) is 0 Å². The van der Waals surface area contributed by atoms with Gasteiger partial charge in [0.2, 0.25) is 0 Å². The van der Waals surface area contributed by atoms with Crippen LogP contribution in [0.3, 0.4) is 0 Å². The van der Waals surface area contributed by atoms with Gasteiger partial charge in [-0.1, -0.05) is 19.8 Å². The van der Waals surface area contributed by atoms with E-state index in [1.54, 1.807) is 0 Å². The molecule has 0 radical (unpaired) electrons. The van der Waals surface area contributed by atoms with Crippen LogP contribution in [0.4, 0.5) is 76.7 Å². The van der Waals surface area contributed by atoms with Crippen molar-refractivity contribution in [2.75, 3.05) is 124 Å². The van der Waals surface area contributed by atoms with Crippen LogP contribution in [0.15, 0.2) is 0 Å². The number of rotatable bonds is 19. The molecule has 670 valence electrons. The second-order valence-electron chi connectivity index (χ2n) is 36.4. The smallest absolute Gasteiger partial charge is 0.286 e. The molecule has 24 saturated heterocycles. The first kappa shape index (κ1) is 75.6. The van der Waals surface area contributed by atoms with Crippen LogP contribution < -0.4 is 0 Å². The van der Waals surface area contributed by atoms with E-state index in [4.69, 9.17) is 0 Å². The zero-order valence-corrected chi connectivity index (χ0v) is 68.9. The van der Waals surface area contributed by atoms with Crippen molar-refractivity contribution < 1.29 is 116 Å². The van der Waals surface area contributed by atoms with Crippen LogP contribution in [0.5, 0.6) is 0 Å². The Labute approximate surface area is 707 Å². The van der Waals surface area contributed by atoms with Crippen LogP contribution in [-0.4, -0.2) is 513 Å². The van der Waals surface area contributed by atoms with Crippen molar-refractivity contribution in [3.63, 3.8) is 0 Å². The first-order valence-electron chi connectivity index (χ1n) is 41.6. The van der Waals surface area contributed by atoms with Crippen LogP contribution >= 0.6 is 0 Å². The Morgan fingerprint density at radius 1 is 0.200 bits per heavy atom. The van der Waals surface area contributed by atoms with Crippen LogP contribution in [0.25, 0.3) is 0 Å². The molecular weight excluding hydrogens is 1730 g/mol. The van der Waals surface area contributed by atoms with E-state index in [-0.39, 0.29) is 38.5 Å². The zero-order valence-electron chi connectivity index (χ0n) is 66.4. The third-order valence-electron chi connectivity index (χ3n) is 31.3. The molecule has 125 heavy (non-hydrogen) atoms. The van der Waals surface area contributed by atoms with Crippen molar-refractivity contribution in [2.24, 2.45) is 0 Å². The maximum Gasteiger partial charge on any atom is 0.326 e. The maximum atomic E-state index is 17.2. The number of hydrogen-bond donors (Lipinski definition) is 3. The quantitative estimate of drug-likeness (QED) is 0.0813. The molecule has 0 aromatic rings. The molecule has 0 spiro atoms. The number of carbonyl (C=O) groups is 16. The summed E-state index contributed by atoms with van der Waals surface area (Å²) in [4.78, 5) is 301. The third kappa shape index (κ3) is 8.52. The summed E-state index contributed by atoms with van der Waals surface area (Å²) in [5, 5.41) is 0. The highest BCUT2D eigenvalue weighted by Crippen LogP contribution is 2.64. The van der Waals surface area contributed by atoms with Crippen molar-refractivity contribution in [3.8, 4) is 0 Å². The van der Waals surface area contributed by atoms with Crippen molar-refractivity contribution in [2.45, 2.75) is 187 Å². The first-order chi connectivity index (χ1) is 59.5. The molecule has 24 fully saturated rings. The molecule has 0 saturated carbocycles. The predicted molar refractivity (Wildman–Crippen MR) is 394 cm³/mol. The van der Waals surface area contributed by atoms with E-state index in [1.807, 2.05) is 6.92 Å². The largest absolute Gasteiger partial charge is 0.326 e. The molecule has 57 nitrogen and oxygen atoms in total. The summed E-state index contributed by atoms with van der Waals surface area (Å²) in [6.45, 7) is -10.8. The SMILES string of the molecule is CCCCCC12N3CN4C(=O)N5CN6C(=O)N7CN8C(=O)N9CN%10C(=O)N%11CN%12C(=O)N%13CN%14C(=O)N%15CN%16C(=O)N%17CN(C3=O)C1(CCCCS(=O)(=O)O)N1CN3C(=O)N(CN%18C(=O)N(CN%19C(=O)N(CN%20C(=O)N(CN%21C(=O)N(CN%22C(=O)N(CN%23C(=O)N(CN2C1=O)C4C5%23)C6(CCCCS(=O)(=O)O)C7%22CCCCS(=O)(=O)O)C8C9%21)C%10C%11%20)C%12C%13%19)C%14C%15%18)C%16C%173. The lowest BCUT2D eigenvalue weighted by atomic mass is 9.82. The van der Waals surface area contributed by atoms with Gasteiger partial charge in [0, 0.05) is 0 Å². The monoisotopic (exact) mass is 1810 g/mol. The molecule has 0 unspecified atom stereocenters. The van der Waals surface area contributed by atoms with Crippen molar-refractivity contribution in [1.29, 1.82) is 0 Å². The van der Waals surface area contributed by atoms with Gasteiger partial charge in [-0.05, 0) is 70.6 Å². The van der Waals surface area contributed by atoms with Gasteiger partial charge in [-0.3, -0.25) is 170 Å². The highest BCUT2D eigenvalue weighted by atomic mass is 32.2. The van der Waals surface area contributed by atoms with Gasteiger partial charge >= 0.3 is 96.5 Å². The van der Waals surface area contributed by atoms with Gasteiger partial charge in [-0.15, -0.1) is 0 Å². The fraction of sp³-hybridized carbons (Fsp3) is 0.754. The number of amides is 32. The Hall–Kier alpha value is -11.9. The summed E-state index contributed by atoms with van der Waals surface area (Å²) >= 11 is 0. The number of unbranched alkanes of at least 4 members (excludes halogenated alkanes) is 5. The molecule has 24 heterocycles. The van der Waals surface area contributed by atoms with E-state index in [9.17, 15) is 38.9 Å². The highest BCUT2D eigenvalue weighted by molar-refractivity contribution is 7.86. The Bertz CT molecular complexity index is 5270. The second-order valence-corrected chi connectivity index (χ2v) is 41.1. The molecule has 0 aromatic carbocycles. The second kappa shape index (κ2) is 23.6. The van der Waals surface area contributed by atoms with E-state index >= 15 is 76.7 Å². The van der Waals surface area contributed by atoms with Gasteiger partial charge in [0.15, 0.2) is 96.6 Å². The predicted octanol–water partition coefficient (Wildman–Crippen LogP) is -4.32. The first-order valence-corrected chi connectivity index (χ1v) is 46.4. The molecule has 3 N–H and O–H groups in total. The number of hydrogen-bond acceptors (Lipinski definition) is 22. The summed E-state index contributed by atoms with van der Waals surface area (Å²) in [6, 6.07) is -14.9. The summed E-state index contributed by atoms with van der Waals surface area (Å²) in [5.74, 6) is -2.65. The molecule has 0 aromatic heterocycles. The highest BCUT2D eigenvalue weighted by Gasteiger charge is 2.86. The molecule has 0 atom stereocenters. The lowest BCUT2D eigenvalue weighted by Gasteiger charge is -2.54. The Morgan fingerprint density at radius 2 is 0.320 bits per heavy atom. The number of urea groups is 16. The summed E-state index contributed by atoms with van der Waals surface area (Å²) in [5.41, 5.74) is -9.16. The van der Waals surface area contributed by atoms with Crippen molar-refractivity contribution in [1.82, 2.24) is 157 Å². The van der Waals surface area contributed by atoms with Gasteiger partial charge in [-0.25, -0.2) is 76.7 Å². The molecule has 24 aliphatic heterocycles. The standard InChI is InChI=1S/C65H82N32O25S3/c1-2-3-4-11-62-63(12-5-8-15-123(114,115)116)92-26-82-42-40-78(52(82)104)22-74-38-36-70(48(74)100)18-66-34-35-68(46(66)98)20-72-37-39-76(50(72)102)24-80-41-43-84(54(80)106)28-94-60(112)96-32-88-45-44(86(56(88)108)30-90(62)58(92)110)87-31-91(62)59(111)93(63)27-83(42)53(105)79(40)23-75(38)49(101)71(36)19-67(34)47(99)69(35)21-73(37)51(103)77(39)25-81(41)55(107)85(43)29-95-61(113)97(33-89(45)57(87)109)65(96,14-7-10-17-125(120,121)122)64(94,95)13-6-9-16-124(117,118)119/h34-45H,2-33H2,1H3,(H,114,115,116)(H,117,118,119)(H,120,121,122). The Balaban J connectivity index is 0.693. The average Bonchev–Trinajstić information content (AvgIpc) is 1.47. The van der Waals surface area contributed by atoms with E-state index < -0.39 is 380 Å². The van der Waals surface area contributed by atoms with Gasteiger partial charge in [-0.2, -0.15) is 25.3 Å². The molecule has 24 aliphatic rings. The van der Waals surface area contributed by atoms with Crippen LogP contribution in [0.1, 0.15) is 90.4 Å². The van der Waals surface area contributed by atoms with Crippen LogP contribution in [-0.2, 0) is 30.4 Å². The summed E-state index contributed by atoms with van der Waals surface area (Å²) in [6.07, 6.45) is -20.6. The van der Waals surface area contributed by atoms with Crippen LogP contribution in [0, 0.1) is 0 Å². The van der Waals surface area contributed by atoms with Gasteiger partial charge < -0.3 is 0 Å². The van der Waals surface area contributed by atoms with E-state index in [2.05, 4.69) is 0 Å². The molecule has 24 rings (SSSR count). The number of nitrogens with zero attached hydrogens (tertiary/aromatic N) is 32.